The van der Waals surface area contributed by atoms with E-state index in [0.29, 0.717) is 24.6 Å². The molecule has 1 aliphatic rings. The Morgan fingerprint density at radius 3 is 2.72 bits per heavy atom. The van der Waals surface area contributed by atoms with Gasteiger partial charge in [0.1, 0.15) is 10.0 Å². The van der Waals surface area contributed by atoms with E-state index in [9.17, 15) is 9.59 Å². The van der Waals surface area contributed by atoms with Crippen molar-refractivity contribution in [2.75, 3.05) is 23.7 Å². The van der Waals surface area contributed by atoms with Crippen molar-refractivity contribution in [2.24, 2.45) is 0 Å². The molecule has 0 spiro atoms. The quantitative estimate of drug-likeness (QED) is 0.255. The number of carbonyl (C=O) groups excluding carboxylic acids is 2. The van der Waals surface area contributed by atoms with E-state index in [1.807, 2.05) is 48.5 Å². The minimum absolute atomic E-state index is 0.00284. The summed E-state index contributed by atoms with van der Waals surface area (Å²) < 4.78 is 1.01. The smallest absolute Gasteiger partial charge is 0.255 e. The van der Waals surface area contributed by atoms with Crippen LogP contribution in [0.1, 0.15) is 41.1 Å². The summed E-state index contributed by atoms with van der Waals surface area (Å²) in [5.74, 6) is -0.170. The first-order valence-corrected chi connectivity index (χ1v) is 13.8. The molecule has 2 aromatic heterocycles. The number of hydrogen-bond donors (Lipinski definition) is 4. The first-order chi connectivity index (χ1) is 17.5. The van der Waals surface area contributed by atoms with Gasteiger partial charge >= 0.3 is 0 Å². The van der Waals surface area contributed by atoms with Crippen molar-refractivity contribution in [3.8, 4) is 10.6 Å². The highest BCUT2D eigenvalue weighted by atomic mass is 32.1. The van der Waals surface area contributed by atoms with Crippen molar-refractivity contribution in [1.82, 2.24) is 15.6 Å². The predicted octanol–water partition coefficient (Wildman–Crippen LogP) is 5.25. The van der Waals surface area contributed by atoms with Crippen molar-refractivity contribution in [2.45, 2.75) is 39.3 Å². The van der Waals surface area contributed by atoms with Crippen molar-refractivity contribution in [3.05, 3.63) is 64.5 Å². The van der Waals surface area contributed by atoms with Crippen LogP contribution in [0.4, 0.5) is 10.7 Å². The van der Waals surface area contributed by atoms with Crippen LogP contribution in [0, 0.1) is 0 Å². The van der Waals surface area contributed by atoms with Crippen molar-refractivity contribution >= 4 is 55.4 Å². The third-order valence-corrected chi connectivity index (χ3v) is 8.18. The topological polar surface area (TPSA) is 95.2 Å². The normalized spacial score (nSPS) is 13.1. The number of para-hydroxylation sites is 1. The Hall–Kier alpha value is -3.11. The second-order valence-electron chi connectivity index (χ2n) is 9.06. The van der Waals surface area contributed by atoms with Crippen LogP contribution < -0.4 is 21.3 Å². The molecule has 4 N–H and O–H groups in total. The zero-order valence-corrected chi connectivity index (χ0v) is 21.9. The van der Waals surface area contributed by atoms with Gasteiger partial charge in [-0.15, -0.1) is 22.7 Å². The molecule has 9 heteroatoms. The number of fused-ring (bicyclic) bond motifs is 2. The minimum Gasteiger partial charge on any atom is -0.322 e. The fraction of sp³-hybridized carbons (Fsp3) is 0.296. The maximum absolute atomic E-state index is 12.8. The van der Waals surface area contributed by atoms with Gasteiger partial charge in [0.05, 0.1) is 10.2 Å². The highest BCUT2D eigenvalue weighted by molar-refractivity contribution is 7.23. The molecule has 1 aliphatic heterocycles. The average Bonchev–Trinajstić information content (AvgIpc) is 3.44. The van der Waals surface area contributed by atoms with Crippen molar-refractivity contribution in [3.63, 3.8) is 0 Å². The van der Waals surface area contributed by atoms with Gasteiger partial charge in [-0.25, -0.2) is 4.98 Å². The van der Waals surface area contributed by atoms with E-state index < -0.39 is 0 Å². The SMILES string of the molecule is CC(C)NCCC(=O)Nc1sc2c(c1-c1nc3cc(C(=O)Nc4ccccc4)ccc3s1)CCNC2. The average molecular weight is 520 g/mol. The molecule has 0 aliphatic carbocycles. The summed E-state index contributed by atoms with van der Waals surface area (Å²) in [6, 6.07) is 15.4. The standard InChI is InChI=1S/C27H29N5O2S2/c1-16(2)29-13-11-23(33)32-27-24(19-10-12-28-15-22(19)36-27)26-31-20-14-17(8-9-21(20)35-26)25(34)30-18-6-4-3-5-7-18/h3-9,14,16,28-29H,10-13,15H2,1-2H3,(H,30,34)(H,32,33). The number of rotatable bonds is 8. The number of amides is 2. The molecule has 7 nitrogen and oxygen atoms in total. The number of carbonyl (C=O) groups is 2. The van der Waals surface area contributed by atoms with Crippen LogP contribution in [-0.4, -0.2) is 35.9 Å². The molecule has 0 unspecified atom stereocenters. The predicted molar refractivity (Wildman–Crippen MR) is 149 cm³/mol. The molecular weight excluding hydrogens is 490 g/mol. The molecule has 3 heterocycles. The Labute approximate surface area is 218 Å². The van der Waals surface area contributed by atoms with Crippen LogP contribution in [0.5, 0.6) is 0 Å². The second-order valence-corrected chi connectivity index (χ2v) is 11.2. The molecule has 0 saturated heterocycles. The number of anilines is 2. The molecule has 0 atom stereocenters. The Balaban J connectivity index is 1.43. The van der Waals surface area contributed by atoms with Gasteiger partial charge in [0.25, 0.3) is 5.91 Å². The van der Waals surface area contributed by atoms with E-state index in [1.165, 1.54) is 10.4 Å². The van der Waals surface area contributed by atoms with Crippen LogP contribution in [0.15, 0.2) is 48.5 Å². The van der Waals surface area contributed by atoms with E-state index >= 15 is 0 Å². The molecule has 0 bridgehead atoms. The molecule has 2 aromatic carbocycles. The maximum Gasteiger partial charge on any atom is 0.255 e. The van der Waals surface area contributed by atoms with Gasteiger partial charge in [-0.3, -0.25) is 9.59 Å². The van der Waals surface area contributed by atoms with Gasteiger partial charge < -0.3 is 21.3 Å². The summed E-state index contributed by atoms with van der Waals surface area (Å²) in [4.78, 5) is 31.7. The fourth-order valence-corrected chi connectivity index (χ4v) is 6.54. The third kappa shape index (κ3) is 5.49. The van der Waals surface area contributed by atoms with Crippen LogP contribution in [-0.2, 0) is 17.8 Å². The van der Waals surface area contributed by atoms with Crippen LogP contribution >= 0.6 is 22.7 Å². The van der Waals surface area contributed by atoms with E-state index in [-0.39, 0.29) is 11.8 Å². The highest BCUT2D eigenvalue weighted by Gasteiger charge is 2.25. The van der Waals surface area contributed by atoms with Crippen LogP contribution in [0.25, 0.3) is 20.8 Å². The molecule has 0 radical (unpaired) electrons. The second kappa shape index (κ2) is 10.9. The Morgan fingerprint density at radius 2 is 1.92 bits per heavy atom. The molecule has 0 fully saturated rings. The minimum atomic E-state index is -0.167. The number of thiazole rings is 1. The van der Waals surface area contributed by atoms with E-state index in [1.54, 1.807) is 22.7 Å². The first-order valence-electron chi connectivity index (χ1n) is 12.1. The Morgan fingerprint density at radius 1 is 1.08 bits per heavy atom. The zero-order chi connectivity index (χ0) is 25.1. The van der Waals surface area contributed by atoms with Crippen LogP contribution in [0.3, 0.4) is 0 Å². The number of aromatic nitrogens is 1. The third-order valence-electron chi connectivity index (χ3n) is 5.98. The van der Waals surface area contributed by atoms with E-state index in [2.05, 4.69) is 35.1 Å². The summed E-state index contributed by atoms with van der Waals surface area (Å²) in [6.07, 6.45) is 1.31. The molecule has 36 heavy (non-hydrogen) atoms. The number of hydrogen-bond acceptors (Lipinski definition) is 7. The summed E-state index contributed by atoms with van der Waals surface area (Å²) >= 11 is 3.23. The first kappa shape index (κ1) is 24.6. The molecule has 0 saturated carbocycles. The van der Waals surface area contributed by atoms with E-state index in [0.717, 1.165) is 51.0 Å². The van der Waals surface area contributed by atoms with Gasteiger partial charge in [0.2, 0.25) is 5.91 Å². The summed E-state index contributed by atoms with van der Waals surface area (Å²) in [5.41, 5.74) is 4.38. The van der Waals surface area contributed by atoms with Gasteiger partial charge in [0.15, 0.2) is 0 Å². The number of benzene rings is 2. The van der Waals surface area contributed by atoms with Crippen molar-refractivity contribution in [1.29, 1.82) is 0 Å². The van der Waals surface area contributed by atoms with Gasteiger partial charge in [-0.2, -0.15) is 0 Å². The fourth-order valence-electron chi connectivity index (χ4n) is 4.21. The number of thiophene rings is 1. The van der Waals surface area contributed by atoms with Gasteiger partial charge in [-0.1, -0.05) is 32.0 Å². The van der Waals surface area contributed by atoms with Crippen molar-refractivity contribution < 1.29 is 9.59 Å². The zero-order valence-electron chi connectivity index (χ0n) is 20.3. The Bertz CT molecular complexity index is 1390. The Kier molecular flexibility index (Phi) is 7.43. The molecule has 2 amide bonds. The van der Waals surface area contributed by atoms with Gasteiger partial charge in [0, 0.05) is 47.2 Å². The summed E-state index contributed by atoms with van der Waals surface area (Å²) in [6.45, 7) is 6.48. The largest absolute Gasteiger partial charge is 0.322 e. The molecular formula is C27H29N5O2S2. The number of nitrogens with zero attached hydrogens (tertiary/aromatic N) is 1. The van der Waals surface area contributed by atoms with E-state index in [4.69, 9.17) is 4.98 Å². The summed E-state index contributed by atoms with van der Waals surface area (Å²) in [5, 5.41) is 14.5. The molecule has 186 valence electrons. The summed E-state index contributed by atoms with van der Waals surface area (Å²) in [7, 11) is 0. The lowest BCUT2D eigenvalue weighted by Crippen LogP contribution is -2.27. The molecule has 4 aromatic rings. The lowest BCUT2D eigenvalue weighted by atomic mass is 10.0. The highest BCUT2D eigenvalue weighted by Crippen LogP contribution is 2.44. The lowest BCUT2D eigenvalue weighted by Gasteiger charge is -2.13. The lowest BCUT2D eigenvalue weighted by molar-refractivity contribution is -0.116. The molecule has 5 rings (SSSR count). The number of nitrogens with one attached hydrogen (secondary N) is 4. The van der Waals surface area contributed by atoms with Gasteiger partial charge in [-0.05, 0) is 48.9 Å². The monoisotopic (exact) mass is 519 g/mol. The van der Waals surface area contributed by atoms with Crippen LogP contribution in [0.2, 0.25) is 0 Å². The maximum atomic E-state index is 12.8.